The molecule has 144 valence electrons. The molecule has 0 radical (unpaired) electrons. The molecule has 0 aliphatic carbocycles. The van der Waals surface area contributed by atoms with Crippen LogP contribution in [0.5, 0.6) is 5.75 Å². The van der Waals surface area contributed by atoms with Gasteiger partial charge < -0.3 is 10.1 Å². The molecule has 28 heavy (non-hydrogen) atoms. The number of nitrogens with one attached hydrogen (secondary N) is 1. The molecular weight excluding hydrogens is 368 g/mol. The van der Waals surface area contributed by atoms with Gasteiger partial charge in [0, 0.05) is 23.9 Å². The first kappa shape index (κ1) is 19.2. The van der Waals surface area contributed by atoms with Gasteiger partial charge in [0.25, 0.3) is 5.91 Å². The van der Waals surface area contributed by atoms with Crippen molar-refractivity contribution in [2.75, 3.05) is 0 Å². The molecule has 0 aliphatic rings. The summed E-state index contributed by atoms with van der Waals surface area (Å²) in [7, 11) is 0. The lowest BCUT2D eigenvalue weighted by molar-refractivity contribution is -0.0504. The molecule has 3 rings (SSSR count). The molecule has 1 amide bonds. The summed E-state index contributed by atoms with van der Waals surface area (Å²) in [5.41, 5.74) is 0.806. The molecule has 0 atom stereocenters. The zero-order chi connectivity index (χ0) is 20.1. The van der Waals surface area contributed by atoms with Crippen LogP contribution in [0.25, 0.3) is 5.69 Å². The normalized spacial score (nSPS) is 10.7. The molecule has 6 nitrogen and oxygen atoms in total. The topological polar surface area (TPSA) is 73.2 Å². The lowest BCUT2D eigenvalue weighted by Crippen LogP contribution is -2.31. The van der Waals surface area contributed by atoms with Gasteiger partial charge in [0.1, 0.15) is 5.75 Å². The molecular formula is C20H17F2N3O3. The van der Waals surface area contributed by atoms with Crippen LogP contribution < -0.4 is 15.5 Å². The van der Waals surface area contributed by atoms with Crippen molar-refractivity contribution in [3.63, 3.8) is 0 Å². The molecule has 0 bridgehead atoms. The van der Waals surface area contributed by atoms with Crippen LogP contribution in [0.15, 0.2) is 65.5 Å². The molecule has 0 spiro atoms. The van der Waals surface area contributed by atoms with E-state index in [0.29, 0.717) is 16.9 Å². The van der Waals surface area contributed by atoms with E-state index in [1.807, 2.05) is 18.2 Å². The van der Waals surface area contributed by atoms with Gasteiger partial charge in [-0.05, 0) is 25.1 Å². The summed E-state index contributed by atoms with van der Waals surface area (Å²) >= 11 is 0. The average Bonchev–Trinajstić information content (AvgIpc) is 2.67. The van der Waals surface area contributed by atoms with E-state index in [0.717, 1.165) is 0 Å². The second-order valence-corrected chi connectivity index (χ2v) is 5.91. The van der Waals surface area contributed by atoms with Gasteiger partial charge in [-0.1, -0.05) is 36.4 Å². The van der Waals surface area contributed by atoms with Crippen molar-refractivity contribution in [2.24, 2.45) is 0 Å². The minimum Gasteiger partial charge on any atom is -0.434 e. The number of ether oxygens (including phenoxy) is 1. The predicted molar refractivity (Wildman–Crippen MR) is 98.8 cm³/mol. The Morgan fingerprint density at radius 2 is 1.82 bits per heavy atom. The summed E-state index contributed by atoms with van der Waals surface area (Å²) in [4.78, 5) is 24.7. The second kappa shape index (κ2) is 8.43. The first-order valence-electron chi connectivity index (χ1n) is 8.43. The fraction of sp³-hybridized carbons (Fsp3) is 0.150. The smallest absolute Gasteiger partial charge is 0.387 e. The first-order chi connectivity index (χ1) is 13.5. The van der Waals surface area contributed by atoms with Crippen LogP contribution in [-0.4, -0.2) is 22.3 Å². The Hall–Kier alpha value is -3.55. The molecule has 8 heteroatoms. The molecule has 0 saturated carbocycles. The summed E-state index contributed by atoms with van der Waals surface area (Å²) in [6.45, 7) is -1.36. The summed E-state index contributed by atoms with van der Waals surface area (Å²) in [5, 5.41) is 6.69. The third-order valence-corrected chi connectivity index (χ3v) is 3.95. The SMILES string of the molecule is Cc1cc(=O)c(C(=O)NCc2ccccc2OC(F)F)nn1-c1ccccc1. The number of hydrogen-bond acceptors (Lipinski definition) is 4. The zero-order valence-corrected chi connectivity index (χ0v) is 14.9. The van der Waals surface area contributed by atoms with E-state index in [1.54, 1.807) is 37.3 Å². The van der Waals surface area contributed by atoms with Gasteiger partial charge in [0.2, 0.25) is 5.43 Å². The maximum absolute atomic E-state index is 12.5. The van der Waals surface area contributed by atoms with Crippen LogP contribution in [0, 0.1) is 6.92 Å². The van der Waals surface area contributed by atoms with Crippen LogP contribution >= 0.6 is 0 Å². The number of halogens is 2. The number of rotatable bonds is 6. The summed E-state index contributed by atoms with van der Waals surface area (Å²) in [6, 6.07) is 16.5. The lowest BCUT2D eigenvalue weighted by atomic mass is 10.2. The van der Waals surface area contributed by atoms with E-state index < -0.39 is 17.9 Å². The largest absolute Gasteiger partial charge is 0.434 e. The van der Waals surface area contributed by atoms with Gasteiger partial charge >= 0.3 is 6.61 Å². The van der Waals surface area contributed by atoms with Crippen molar-refractivity contribution in [3.05, 3.63) is 87.8 Å². The molecule has 0 unspecified atom stereocenters. The maximum atomic E-state index is 12.5. The van der Waals surface area contributed by atoms with Crippen molar-refractivity contribution in [1.82, 2.24) is 15.1 Å². The van der Waals surface area contributed by atoms with Gasteiger partial charge in [-0.15, -0.1) is 0 Å². The lowest BCUT2D eigenvalue weighted by Gasteiger charge is -2.13. The molecule has 1 aromatic heterocycles. The standard InChI is InChI=1S/C20H17F2N3O3/c1-13-11-16(26)18(24-25(13)15-8-3-2-4-9-15)19(27)23-12-14-7-5-6-10-17(14)28-20(21)22/h2-11,20H,12H2,1H3,(H,23,27). The minimum absolute atomic E-state index is 0.0450. The molecule has 0 aliphatic heterocycles. The number of nitrogens with zero attached hydrogens (tertiary/aromatic N) is 2. The highest BCUT2D eigenvalue weighted by Gasteiger charge is 2.16. The number of carbonyl (C=O) groups is 1. The van der Waals surface area contributed by atoms with Crippen LogP contribution in [0.4, 0.5) is 8.78 Å². The third-order valence-electron chi connectivity index (χ3n) is 3.95. The Kier molecular flexibility index (Phi) is 5.78. The number of para-hydroxylation sites is 2. The van der Waals surface area contributed by atoms with Crippen LogP contribution in [0.3, 0.4) is 0 Å². The number of amides is 1. The number of benzene rings is 2. The number of aryl methyl sites for hydroxylation is 1. The molecule has 0 saturated heterocycles. The molecule has 2 aromatic carbocycles. The Morgan fingerprint density at radius 1 is 1.14 bits per heavy atom. The van der Waals surface area contributed by atoms with Crippen molar-refractivity contribution in [2.45, 2.75) is 20.1 Å². The van der Waals surface area contributed by atoms with E-state index in [1.165, 1.54) is 16.8 Å². The van der Waals surface area contributed by atoms with Crippen LogP contribution in [0.1, 0.15) is 21.7 Å². The van der Waals surface area contributed by atoms with Gasteiger partial charge in [0.05, 0.1) is 5.69 Å². The quantitative estimate of drug-likeness (QED) is 0.708. The van der Waals surface area contributed by atoms with Gasteiger partial charge in [-0.2, -0.15) is 13.9 Å². The molecule has 1 N–H and O–H groups in total. The third kappa shape index (κ3) is 4.40. The highest BCUT2D eigenvalue weighted by atomic mass is 19.3. The number of alkyl halides is 2. The Morgan fingerprint density at radius 3 is 2.54 bits per heavy atom. The molecule has 3 aromatic rings. The molecule has 0 fully saturated rings. The first-order valence-corrected chi connectivity index (χ1v) is 8.43. The van der Waals surface area contributed by atoms with Gasteiger partial charge in [0.15, 0.2) is 5.69 Å². The maximum Gasteiger partial charge on any atom is 0.387 e. The second-order valence-electron chi connectivity index (χ2n) is 5.91. The van der Waals surface area contributed by atoms with Crippen LogP contribution in [-0.2, 0) is 6.54 Å². The average molecular weight is 385 g/mol. The Bertz CT molecular complexity index is 1040. The van der Waals surface area contributed by atoms with Gasteiger partial charge in [-0.25, -0.2) is 4.68 Å². The number of hydrogen-bond donors (Lipinski definition) is 1. The van der Waals surface area contributed by atoms with Crippen molar-refractivity contribution >= 4 is 5.91 Å². The predicted octanol–water partition coefficient (Wildman–Crippen LogP) is 3.07. The van der Waals surface area contributed by atoms with E-state index in [-0.39, 0.29) is 18.0 Å². The monoisotopic (exact) mass is 385 g/mol. The van der Waals surface area contributed by atoms with Crippen molar-refractivity contribution in [3.8, 4) is 11.4 Å². The van der Waals surface area contributed by atoms with Gasteiger partial charge in [-0.3, -0.25) is 9.59 Å². The zero-order valence-electron chi connectivity index (χ0n) is 14.9. The van der Waals surface area contributed by atoms with E-state index in [2.05, 4.69) is 15.2 Å². The number of carbonyl (C=O) groups excluding carboxylic acids is 1. The Labute approximate surface area is 159 Å². The van der Waals surface area contributed by atoms with E-state index in [4.69, 9.17) is 0 Å². The van der Waals surface area contributed by atoms with Crippen LogP contribution in [0.2, 0.25) is 0 Å². The highest BCUT2D eigenvalue weighted by Crippen LogP contribution is 2.20. The van der Waals surface area contributed by atoms with Crippen molar-refractivity contribution < 1.29 is 18.3 Å². The van der Waals surface area contributed by atoms with E-state index in [9.17, 15) is 18.4 Å². The fourth-order valence-electron chi connectivity index (χ4n) is 2.66. The fourth-order valence-corrected chi connectivity index (χ4v) is 2.66. The minimum atomic E-state index is -2.98. The highest BCUT2D eigenvalue weighted by molar-refractivity contribution is 5.92. The summed E-state index contributed by atoms with van der Waals surface area (Å²) in [6.07, 6.45) is 0. The number of aromatic nitrogens is 2. The molecule has 1 heterocycles. The van der Waals surface area contributed by atoms with E-state index >= 15 is 0 Å². The summed E-state index contributed by atoms with van der Waals surface area (Å²) in [5.74, 6) is -0.752. The summed E-state index contributed by atoms with van der Waals surface area (Å²) < 4.78 is 30.9. The van der Waals surface area contributed by atoms with Crippen molar-refractivity contribution in [1.29, 1.82) is 0 Å². The Balaban J connectivity index is 1.83.